The van der Waals surface area contributed by atoms with E-state index in [9.17, 15) is 18.9 Å². The zero-order valence-corrected chi connectivity index (χ0v) is 8.87. The topological polar surface area (TPSA) is 82.0 Å². The Morgan fingerprint density at radius 1 is 1.67 bits per heavy atom. The smallest absolute Gasteiger partial charge is 0.358 e. The van der Waals surface area contributed by atoms with Gasteiger partial charge in [-0.3, -0.25) is 0 Å². The van der Waals surface area contributed by atoms with Gasteiger partial charge < -0.3 is 15.8 Å². The monoisotopic (exact) mass is 281 g/mol. The summed E-state index contributed by atoms with van der Waals surface area (Å²) in [4.78, 5) is 13.0. The number of alkyl halides is 2. The van der Waals surface area contributed by atoms with Crippen molar-refractivity contribution >= 4 is 21.7 Å². The maximum Gasteiger partial charge on any atom is 0.373 e. The maximum atomic E-state index is 12.5. The number of hydrogen-bond acceptors (Lipinski definition) is 4. The Labute approximate surface area is 91.6 Å². The maximum absolute atomic E-state index is 12.5. The summed E-state index contributed by atoms with van der Waals surface area (Å²) >= 11 is 2.83. The quantitative estimate of drug-likeness (QED) is 0.680. The van der Waals surface area contributed by atoms with E-state index in [1.807, 2.05) is 0 Å². The van der Waals surface area contributed by atoms with Crippen LogP contribution in [0.1, 0.15) is 17.7 Å². The Bertz CT molecular complexity index is 400. The second-order valence-electron chi connectivity index (χ2n) is 2.59. The van der Waals surface area contributed by atoms with Crippen LogP contribution in [0.4, 0.5) is 14.6 Å². The Balaban J connectivity index is 3.42. The first-order valence-corrected chi connectivity index (χ1v) is 4.58. The molecular formula is C7H6BrF2N3O2. The van der Waals surface area contributed by atoms with Crippen molar-refractivity contribution in [2.24, 2.45) is 5.73 Å². The van der Waals surface area contributed by atoms with Gasteiger partial charge in [0.05, 0.1) is 6.54 Å². The summed E-state index contributed by atoms with van der Waals surface area (Å²) in [6.45, 7) is -0.0526. The van der Waals surface area contributed by atoms with Crippen molar-refractivity contribution in [3.05, 3.63) is 31.9 Å². The lowest BCUT2D eigenvalue weighted by Gasteiger charge is -2.04. The van der Waals surface area contributed by atoms with Gasteiger partial charge in [-0.15, -0.1) is 0 Å². The summed E-state index contributed by atoms with van der Waals surface area (Å²) < 4.78 is 24.9. The summed E-state index contributed by atoms with van der Waals surface area (Å²) in [6, 6.07) is 1.24. The highest BCUT2D eigenvalue weighted by molar-refractivity contribution is 9.10. The fourth-order valence-electron chi connectivity index (χ4n) is 1.00. The molecule has 0 aliphatic rings. The van der Waals surface area contributed by atoms with Gasteiger partial charge >= 0.3 is 5.82 Å². The van der Waals surface area contributed by atoms with Crippen LogP contribution in [0.2, 0.25) is 0 Å². The van der Waals surface area contributed by atoms with Crippen LogP contribution in [-0.2, 0) is 6.54 Å². The molecule has 1 aromatic heterocycles. The van der Waals surface area contributed by atoms with E-state index < -0.39 is 22.7 Å². The molecule has 0 unspecified atom stereocenters. The summed E-state index contributed by atoms with van der Waals surface area (Å²) in [5.41, 5.74) is 4.67. The molecule has 82 valence electrons. The lowest BCUT2D eigenvalue weighted by molar-refractivity contribution is -0.391. The molecule has 0 aliphatic heterocycles. The van der Waals surface area contributed by atoms with Crippen LogP contribution in [0.25, 0.3) is 0 Å². The minimum atomic E-state index is -2.96. The van der Waals surface area contributed by atoms with Gasteiger partial charge in [-0.25, -0.2) is 8.78 Å². The molecule has 0 atom stereocenters. The standard InChI is InChI=1S/C7H6BrF2N3O2/c8-4-1-3(2-11)12-7(13(14)15)5(4)6(9)10/h1,6H,2,11H2. The summed E-state index contributed by atoms with van der Waals surface area (Å²) in [6.07, 6.45) is -2.96. The van der Waals surface area contributed by atoms with E-state index >= 15 is 0 Å². The Hall–Kier alpha value is -1.15. The highest BCUT2D eigenvalue weighted by atomic mass is 79.9. The predicted molar refractivity (Wildman–Crippen MR) is 51.4 cm³/mol. The van der Waals surface area contributed by atoms with Crippen molar-refractivity contribution in [1.29, 1.82) is 0 Å². The van der Waals surface area contributed by atoms with E-state index in [4.69, 9.17) is 5.73 Å². The van der Waals surface area contributed by atoms with Crippen molar-refractivity contribution in [3.63, 3.8) is 0 Å². The first-order chi connectivity index (χ1) is 6.97. The molecule has 2 N–H and O–H groups in total. The highest BCUT2D eigenvalue weighted by Gasteiger charge is 2.27. The van der Waals surface area contributed by atoms with Gasteiger partial charge in [-0.2, -0.15) is 0 Å². The van der Waals surface area contributed by atoms with Gasteiger partial charge in [-0.05, 0) is 25.8 Å². The van der Waals surface area contributed by atoms with E-state index in [1.165, 1.54) is 6.07 Å². The molecule has 0 aliphatic carbocycles. The first-order valence-electron chi connectivity index (χ1n) is 3.79. The van der Waals surface area contributed by atoms with E-state index in [2.05, 4.69) is 20.9 Å². The number of pyridine rings is 1. The third kappa shape index (κ3) is 2.45. The lowest BCUT2D eigenvalue weighted by Crippen LogP contribution is -2.06. The largest absolute Gasteiger partial charge is 0.373 e. The van der Waals surface area contributed by atoms with Crippen LogP contribution in [0, 0.1) is 10.1 Å². The SMILES string of the molecule is NCc1cc(Br)c(C(F)F)c([N+](=O)[O-])n1. The lowest BCUT2D eigenvalue weighted by atomic mass is 10.2. The number of nitrogens with two attached hydrogens (primary N) is 1. The van der Waals surface area contributed by atoms with Gasteiger partial charge in [0.15, 0.2) is 5.69 Å². The molecule has 0 radical (unpaired) electrons. The molecule has 1 heterocycles. The van der Waals surface area contributed by atoms with Crippen LogP contribution in [0.15, 0.2) is 10.5 Å². The minimum Gasteiger partial charge on any atom is -0.358 e. The van der Waals surface area contributed by atoms with E-state index in [0.29, 0.717) is 0 Å². The highest BCUT2D eigenvalue weighted by Crippen LogP contribution is 2.34. The molecule has 0 aromatic carbocycles. The van der Waals surface area contributed by atoms with Crippen LogP contribution in [-0.4, -0.2) is 9.91 Å². The first kappa shape index (κ1) is 11.9. The number of halogens is 3. The summed E-state index contributed by atoms with van der Waals surface area (Å²) in [7, 11) is 0. The molecule has 0 amide bonds. The molecule has 0 spiro atoms. The molecule has 15 heavy (non-hydrogen) atoms. The average molecular weight is 282 g/mol. The molecule has 0 fully saturated rings. The molecule has 5 nitrogen and oxygen atoms in total. The van der Waals surface area contributed by atoms with Crippen molar-refractivity contribution in [2.45, 2.75) is 13.0 Å². The normalized spacial score (nSPS) is 10.7. The van der Waals surface area contributed by atoms with Gasteiger partial charge in [0.1, 0.15) is 5.56 Å². The van der Waals surface area contributed by atoms with Gasteiger partial charge in [0.25, 0.3) is 6.43 Å². The summed E-state index contributed by atoms with van der Waals surface area (Å²) in [5.74, 6) is -0.861. The molecule has 1 rings (SSSR count). The third-order valence-corrected chi connectivity index (χ3v) is 2.30. The third-order valence-electron chi connectivity index (χ3n) is 1.64. The molecule has 0 saturated carbocycles. The van der Waals surface area contributed by atoms with E-state index in [1.54, 1.807) is 0 Å². The van der Waals surface area contributed by atoms with E-state index in [-0.39, 0.29) is 16.7 Å². The van der Waals surface area contributed by atoms with Crippen LogP contribution < -0.4 is 5.73 Å². The molecule has 0 bridgehead atoms. The van der Waals surface area contributed by atoms with Crippen LogP contribution in [0.3, 0.4) is 0 Å². The number of hydrogen-bond donors (Lipinski definition) is 1. The zero-order valence-electron chi connectivity index (χ0n) is 7.28. The second kappa shape index (κ2) is 4.58. The fourth-order valence-corrected chi connectivity index (χ4v) is 1.62. The number of nitro groups is 1. The fraction of sp³-hybridized carbons (Fsp3) is 0.286. The Morgan fingerprint density at radius 2 is 2.27 bits per heavy atom. The van der Waals surface area contributed by atoms with Gasteiger partial charge in [0.2, 0.25) is 0 Å². The predicted octanol–water partition coefficient (Wildman–Crippen LogP) is 2.15. The second-order valence-corrected chi connectivity index (χ2v) is 3.45. The van der Waals surface area contributed by atoms with Crippen molar-refractivity contribution < 1.29 is 13.7 Å². The van der Waals surface area contributed by atoms with Gasteiger partial charge in [-0.1, -0.05) is 0 Å². The minimum absolute atomic E-state index is 0.0526. The number of nitrogens with zero attached hydrogens (tertiary/aromatic N) is 2. The molecule has 1 aromatic rings. The molecule has 0 saturated heterocycles. The van der Waals surface area contributed by atoms with Crippen LogP contribution in [0.5, 0.6) is 0 Å². The molecule has 8 heteroatoms. The van der Waals surface area contributed by atoms with Crippen molar-refractivity contribution in [2.75, 3.05) is 0 Å². The van der Waals surface area contributed by atoms with Crippen LogP contribution >= 0.6 is 15.9 Å². The van der Waals surface area contributed by atoms with Crippen molar-refractivity contribution in [3.8, 4) is 0 Å². The number of rotatable bonds is 3. The Morgan fingerprint density at radius 3 is 2.67 bits per heavy atom. The Kier molecular flexibility index (Phi) is 3.64. The average Bonchev–Trinajstić information content (AvgIpc) is 2.15. The molecular weight excluding hydrogens is 276 g/mol. The van der Waals surface area contributed by atoms with E-state index in [0.717, 1.165) is 0 Å². The van der Waals surface area contributed by atoms with Crippen molar-refractivity contribution in [1.82, 2.24) is 4.98 Å². The zero-order chi connectivity index (χ0) is 11.6. The van der Waals surface area contributed by atoms with Gasteiger partial charge in [0, 0.05) is 10.5 Å². The summed E-state index contributed by atoms with van der Waals surface area (Å²) in [5, 5.41) is 10.5. The number of aromatic nitrogens is 1.